The lowest BCUT2D eigenvalue weighted by Gasteiger charge is -2.24. The van der Waals surface area contributed by atoms with E-state index in [1.54, 1.807) is 11.8 Å². The number of hydrogen-bond donors (Lipinski definition) is 2. The molecule has 0 unspecified atom stereocenters. The zero-order chi connectivity index (χ0) is 8.81. The Kier molecular flexibility index (Phi) is 4.42. The highest BCUT2D eigenvalue weighted by Gasteiger charge is 2.19. The molecule has 0 atom stereocenters. The van der Waals surface area contributed by atoms with E-state index in [4.69, 9.17) is 9.84 Å². The summed E-state index contributed by atoms with van der Waals surface area (Å²) in [4.78, 5) is 11.0. The van der Waals surface area contributed by atoms with Crippen molar-refractivity contribution in [1.29, 1.82) is 0 Å². The quantitative estimate of drug-likeness (QED) is 0.599. The standard InChI is InChI=1S/C7H13NO3S/c9-2-1-8-7(10)5-12-6-3-11-4-6/h6,9H,1-5H2,(H,8,10). The van der Waals surface area contributed by atoms with E-state index in [1.807, 2.05) is 0 Å². The van der Waals surface area contributed by atoms with Crippen LogP contribution in [0, 0.1) is 0 Å². The van der Waals surface area contributed by atoms with Gasteiger partial charge in [0.15, 0.2) is 0 Å². The number of thioether (sulfide) groups is 1. The van der Waals surface area contributed by atoms with Crippen LogP contribution in [0.2, 0.25) is 0 Å². The van der Waals surface area contributed by atoms with Crippen molar-refractivity contribution in [2.45, 2.75) is 5.25 Å². The second-order valence-electron chi connectivity index (χ2n) is 2.54. The largest absolute Gasteiger partial charge is 0.395 e. The lowest BCUT2D eigenvalue weighted by molar-refractivity contribution is -0.118. The molecular weight excluding hydrogens is 178 g/mol. The van der Waals surface area contributed by atoms with Gasteiger partial charge in [-0.3, -0.25) is 4.79 Å². The van der Waals surface area contributed by atoms with Crippen LogP contribution in [0.4, 0.5) is 0 Å². The minimum absolute atomic E-state index is 0.00292. The normalized spacial score (nSPS) is 17.1. The van der Waals surface area contributed by atoms with Gasteiger partial charge < -0.3 is 15.2 Å². The topological polar surface area (TPSA) is 58.6 Å². The van der Waals surface area contributed by atoms with Gasteiger partial charge in [-0.05, 0) is 0 Å². The van der Waals surface area contributed by atoms with Crippen molar-refractivity contribution in [1.82, 2.24) is 5.32 Å². The Bertz CT molecular complexity index is 150. The molecule has 0 aromatic heterocycles. The van der Waals surface area contributed by atoms with Gasteiger partial charge in [0.05, 0.1) is 30.8 Å². The SMILES string of the molecule is O=C(CSC1COC1)NCCO. The molecule has 12 heavy (non-hydrogen) atoms. The van der Waals surface area contributed by atoms with E-state index in [1.165, 1.54) is 0 Å². The molecule has 2 N–H and O–H groups in total. The Balaban J connectivity index is 1.94. The van der Waals surface area contributed by atoms with E-state index in [9.17, 15) is 4.79 Å². The van der Waals surface area contributed by atoms with Gasteiger partial charge in [0.2, 0.25) is 5.91 Å². The van der Waals surface area contributed by atoms with Gasteiger partial charge in [-0.15, -0.1) is 11.8 Å². The predicted molar refractivity (Wildman–Crippen MR) is 47.2 cm³/mol. The average Bonchev–Trinajstić information content (AvgIpc) is 1.98. The molecule has 5 heteroatoms. The Morgan fingerprint density at radius 1 is 1.67 bits per heavy atom. The van der Waals surface area contributed by atoms with Crippen molar-refractivity contribution >= 4 is 17.7 Å². The van der Waals surface area contributed by atoms with Crippen molar-refractivity contribution < 1.29 is 14.6 Å². The highest BCUT2D eigenvalue weighted by molar-refractivity contribution is 8.00. The van der Waals surface area contributed by atoms with E-state index in [-0.39, 0.29) is 12.5 Å². The zero-order valence-electron chi connectivity index (χ0n) is 6.78. The van der Waals surface area contributed by atoms with Crippen molar-refractivity contribution in [3.8, 4) is 0 Å². The Morgan fingerprint density at radius 3 is 2.92 bits per heavy atom. The van der Waals surface area contributed by atoms with E-state index in [0.29, 0.717) is 17.5 Å². The molecule has 1 aliphatic heterocycles. The van der Waals surface area contributed by atoms with Gasteiger partial charge in [0.25, 0.3) is 0 Å². The maximum atomic E-state index is 11.0. The van der Waals surface area contributed by atoms with Crippen molar-refractivity contribution in [2.75, 3.05) is 32.1 Å². The molecule has 0 spiro atoms. The maximum Gasteiger partial charge on any atom is 0.230 e. The first kappa shape index (κ1) is 9.83. The molecule has 0 radical (unpaired) electrons. The van der Waals surface area contributed by atoms with E-state index < -0.39 is 0 Å². The smallest absolute Gasteiger partial charge is 0.230 e. The van der Waals surface area contributed by atoms with Crippen LogP contribution < -0.4 is 5.32 Å². The Morgan fingerprint density at radius 2 is 2.42 bits per heavy atom. The predicted octanol–water partition coefficient (Wildman–Crippen LogP) is -0.773. The van der Waals surface area contributed by atoms with Crippen LogP contribution in [0.5, 0.6) is 0 Å². The molecule has 1 aliphatic rings. The third kappa shape index (κ3) is 3.42. The molecule has 1 amide bonds. The lowest BCUT2D eigenvalue weighted by atomic mass is 10.4. The van der Waals surface area contributed by atoms with Crippen molar-refractivity contribution in [3.05, 3.63) is 0 Å². The molecule has 1 heterocycles. The van der Waals surface area contributed by atoms with Crippen LogP contribution in [0.15, 0.2) is 0 Å². The van der Waals surface area contributed by atoms with Gasteiger partial charge >= 0.3 is 0 Å². The molecule has 0 aliphatic carbocycles. The minimum Gasteiger partial charge on any atom is -0.395 e. The Labute approximate surface area is 75.7 Å². The number of carbonyl (C=O) groups excluding carboxylic acids is 1. The van der Waals surface area contributed by atoms with E-state index in [0.717, 1.165) is 13.2 Å². The molecule has 1 fully saturated rings. The summed E-state index contributed by atoms with van der Waals surface area (Å²) in [5, 5.41) is 11.5. The molecule has 1 rings (SSSR count). The third-order valence-corrected chi connectivity index (χ3v) is 2.66. The number of hydrogen-bond acceptors (Lipinski definition) is 4. The fourth-order valence-corrected chi connectivity index (χ4v) is 1.62. The first-order valence-electron chi connectivity index (χ1n) is 3.90. The highest BCUT2D eigenvalue weighted by atomic mass is 32.2. The second-order valence-corrected chi connectivity index (χ2v) is 3.83. The number of amides is 1. The van der Waals surface area contributed by atoms with Crippen LogP contribution >= 0.6 is 11.8 Å². The number of nitrogens with one attached hydrogen (secondary N) is 1. The third-order valence-electron chi connectivity index (χ3n) is 1.49. The summed E-state index contributed by atoms with van der Waals surface area (Å²) in [5.74, 6) is 0.453. The molecule has 0 aromatic carbocycles. The fourth-order valence-electron chi connectivity index (χ4n) is 0.750. The summed E-state index contributed by atoms with van der Waals surface area (Å²) in [5.41, 5.74) is 0. The summed E-state index contributed by atoms with van der Waals surface area (Å²) in [6, 6.07) is 0. The summed E-state index contributed by atoms with van der Waals surface area (Å²) in [7, 11) is 0. The molecule has 1 saturated heterocycles. The molecule has 0 saturated carbocycles. The number of aliphatic hydroxyl groups excluding tert-OH is 1. The number of carbonyl (C=O) groups is 1. The summed E-state index contributed by atoms with van der Waals surface area (Å²) in [6.07, 6.45) is 0. The molecular formula is C7H13NO3S. The van der Waals surface area contributed by atoms with Crippen LogP contribution in [0.25, 0.3) is 0 Å². The first-order valence-corrected chi connectivity index (χ1v) is 4.94. The average molecular weight is 191 g/mol. The van der Waals surface area contributed by atoms with Crippen molar-refractivity contribution in [2.24, 2.45) is 0 Å². The molecule has 70 valence electrons. The van der Waals surface area contributed by atoms with E-state index >= 15 is 0 Å². The molecule has 0 bridgehead atoms. The minimum atomic E-state index is -0.0130. The number of rotatable bonds is 5. The van der Waals surface area contributed by atoms with Gasteiger partial charge in [-0.2, -0.15) is 0 Å². The van der Waals surface area contributed by atoms with Crippen LogP contribution in [0.3, 0.4) is 0 Å². The monoisotopic (exact) mass is 191 g/mol. The van der Waals surface area contributed by atoms with Crippen LogP contribution in [-0.4, -0.2) is 48.4 Å². The first-order chi connectivity index (χ1) is 5.83. The van der Waals surface area contributed by atoms with Crippen LogP contribution in [0.1, 0.15) is 0 Å². The second kappa shape index (κ2) is 5.40. The van der Waals surface area contributed by atoms with Gasteiger partial charge in [-0.1, -0.05) is 0 Å². The van der Waals surface area contributed by atoms with Gasteiger partial charge in [0.1, 0.15) is 0 Å². The maximum absolute atomic E-state index is 11.0. The molecule has 4 nitrogen and oxygen atoms in total. The summed E-state index contributed by atoms with van der Waals surface area (Å²) < 4.78 is 4.96. The summed E-state index contributed by atoms with van der Waals surface area (Å²) >= 11 is 1.60. The highest BCUT2D eigenvalue weighted by Crippen LogP contribution is 2.18. The Hall–Kier alpha value is -0.260. The van der Waals surface area contributed by atoms with Gasteiger partial charge in [-0.25, -0.2) is 0 Å². The molecule has 0 aromatic rings. The van der Waals surface area contributed by atoms with E-state index in [2.05, 4.69) is 5.32 Å². The zero-order valence-corrected chi connectivity index (χ0v) is 7.60. The van der Waals surface area contributed by atoms with Gasteiger partial charge in [0, 0.05) is 6.54 Å². The fraction of sp³-hybridized carbons (Fsp3) is 0.857. The summed E-state index contributed by atoms with van der Waals surface area (Å²) in [6.45, 7) is 1.87. The number of ether oxygens (including phenoxy) is 1. The number of aliphatic hydroxyl groups is 1. The van der Waals surface area contributed by atoms with Crippen LogP contribution in [-0.2, 0) is 9.53 Å². The lowest BCUT2D eigenvalue weighted by Crippen LogP contribution is -2.34. The van der Waals surface area contributed by atoms with Crippen molar-refractivity contribution in [3.63, 3.8) is 0 Å².